The van der Waals surface area contributed by atoms with Gasteiger partial charge in [-0.3, -0.25) is 9.48 Å². The van der Waals surface area contributed by atoms with Crippen LogP contribution in [-0.2, 0) is 24.1 Å². The van der Waals surface area contributed by atoms with Crippen LogP contribution in [0.1, 0.15) is 48.2 Å². The highest BCUT2D eigenvalue weighted by Crippen LogP contribution is 2.32. The van der Waals surface area contributed by atoms with Crippen LogP contribution < -0.4 is 15.5 Å². The van der Waals surface area contributed by atoms with Crippen LogP contribution in [0.25, 0.3) is 0 Å². The van der Waals surface area contributed by atoms with Gasteiger partial charge >= 0.3 is 6.18 Å². The molecule has 186 valence electrons. The predicted molar refractivity (Wildman–Crippen MR) is 122 cm³/mol. The summed E-state index contributed by atoms with van der Waals surface area (Å²) in [6, 6.07) is 1.83. The molecule has 3 aromatic rings. The van der Waals surface area contributed by atoms with Crippen molar-refractivity contribution in [1.29, 1.82) is 0 Å². The number of amides is 1. The van der Waals surface area contributed by atoms with Gasteiger partial charge in [0.25, 0.3) is 0 Å². The van der Waals surface area contributed by atoms with Crippen LogP contribution in [0.4, 0.5) is 30.6 Å². The third-order valence-corrected chi connectivity index (χ3v) is 5.78. The molecule has 0 saturated heterocycles. The van der Waals surface area contributed by atoms with Gasteiger partial charge in [0.15, 0.2) is 5.82 Å². The second-order valence-corrected chi connectivity index (χ2v) is 8.42. The van der Waals surface area contributed by atoms with E-state index in [1.807, 2.05) is 0 Å². The fourth-order valence-corrected chi connectivity index (χ4v) is 3.72. The number of fused-ring (bicyclic) bond motifs is 1. The highest BCUT2D eigenvalue weighted by molar-refractivity contribution is 6.03. The summed E-state index contributed by atoms with van der Waals surface area (Å²) in [4.78, 5) is 26.4. The summed E-state index contributed by atoms with van der Waals surface area (Å²) in [5, 5.41) is 20.2. The summed E-state index contributed by atoms with van der Waals surface area (Å²) in [6.07, 6.45) is -2.41. The summed E-state index contributed by atoms with van der Waals surface area (Å²) in [6.45, 7) is 5.42. The SMILES string of the molecule is Cc1nc(NCc2cnn(Cc3ccc(C(F)(F)F)nc3C(C)O)c2)nc2c1NC(=O)[C@H](C)N2C. The minimum atomic E-state index is -4.59. The highest BCUT2D eigenvalue weighted by atomic mass is 19.4. The van der Waals surface area contributed by atoms with E-state index in [4.69, 9.17) is 0 Å². The average Bonchev–Trinajstić information content (AvgIpc) is 3.23. The van der Waals surface area contributed by atoms with Crippen molar-refractivity contribution in [2.45, 2.75) is 52.2 Å². The van der Waals surface area contributed by atoms with Crippen LogP contribution >= 0.6 is 0 Å². The Bertz CT molecular complexity index is 1260. The van der Waals surface area contributed by atoms with Gasteiger partial charge in [0, 0.05) is 25.4 Å². The van der Waals surface area contributed by atoms with Crippen LogP contribution in [0.15, 0.2) is 24.5 Å². The summed E-state index contributed by atoms with van der Waals surface area (Å²) in [5.41, 5.74) is 1.33. The number of aliphatic hydroxyl groups is 1. The molecule has 1 unspecified atom stereocenters. The molecule has 4 rings (SSSR count). The Kier molecular flexibility index (Phi) is 6.36. The van der Waals surface area contributed by atoms with E-state index in [-0.39, 0.29) is 24.2 Å². The molecule has 3 aromatic heterocycles. The third-order valence-electron chi connectivity index (χ3n) is 5.78. The molecule has 4 heterocycles. The van der Waals surface area contributed by atoms with Crippen molar-refractivity contribution < 1.29 is 23.1 Å². The number of pyridine rings is 1. The molecule has 0 spiro atoms. The van der Waals surface area contributed by atoms with Gasteiger partial charge in [-0.15, -0.1) is 0 Å². The van der Waals surface area contributed by atoms with Crippen molar-refractivity contribution in [1.82, 2.24) is 24.7 Å². The normalized spacial score (nSPS) is 16.6. The van der Waals surface area contributed by atoms with Crippen molar-refractivity contribution in [3.63, 3.8) is 0 Å². The summed E-state index contributed by atoms with van der Waals surface area (Å²) >= 11 is 0. The number of carbonyl (C=O) groups excluding carboxylic acids is 1. The molecule has 10 nitrogen and oxygen atoms in total. The molecular formula is C22H25F3N8O2. The number of nitrogens with one attached hydrogen (secondary N) is 2. The van der Waals surface area contributed by atoms with Crippen molar-refractivity contribution in [3.05, 3.63) is 52.7 Å². The molecule has 1 amide bonds. The van der Waals surface area contributed by atoms with Crippen molar-refractivity contribution >= 4 is 23.4 Å². The molecule has 2 atom stereocenters. The Morgan fingerprint density at radius 2 is 2.00 bits per heavy atom. The van der Waals surface area contributed by atoms with Crippen molar-refractivity contribution in [3.8, 4) is 0 Å². The lowest BCUT2D eigenvalue weighted by Crippen LogP contribution is -2.44. The zero-order valence-corrected chi connectivity index (χ0v) is 19.6. The van der Waals surface area contributed by atoms with Gasteiger partial charge < -0.3 is 20.6 Å². The molecule has 13 heteroatoms. The highest BCUT2D eigenvalue weighted by Gasteiger charge is 2.33. The topological polar surface area (TPSA) is 121 Å². The van der Waals surface area contributed by atoms with Crippen LogP contribution in [0.5, 0.6) is 0 Å². The smallest absolute Gasteiger partial charge is 0.387 e. The Balaban J connectivity index is 1.47. The average molecular weight is 490 g/mol. The number of carbonyl (C=O) groups is 1. The molecule has 0 aliphatic carbocycles. The molecule has 3 N–H and O–H groups in total. The molecule has 0 fully saturated rings. The first kappa shape index (κ1) is 24.4. The summed E-state index contributed by atoms with van der Waals surface area (Å²) in [5.74, 6) is 0.873. The molecule has 0 bridgehead atoms. The van der Waals surface area contributed by atoms with Gasteiger partial charge in [0.2, 0.25) is 11.9 Å². The van der Waals surface area contributed by atoms with Gasteiger partial charge in [0.1, 0.15) is 17.4 Å². The number of hydrogen-bond acceptors (Lipinski definition) is 8. The van der Waals surface area contributed by atoms with Gasteiger partial charge in [0.05, 0.1) is 30.2 Å². The molecule has 35 heavy (non-hydrogen) atoms. The number of likely N-dealkylation sites (N-methyl/N-ethyl adjacent to an activating group) is 1. The molecule has 1 aliphatic rings. The van der Waals surface area contributed by atoms with E-state index in [0.717, 1.165) is 11.6 Å². The Morgan fingerprint density at radius 3 is 2.69 bits per heavy atom. The van der Waals surface area contributed by atoms with Crippen LogP contribution in [0.2, 0.25) is 0 Å². The van der Waals surface area contributed by atoms with Crippen LogP contribution in [-0.4, -0.2) is 48.8 Å². The molecule has 0 radical (unpaired) electrons. The first-order valence-corrected chi connectivity index (χ1v) is 10.9. The second kappa shape index (κ2) is 9.13. The van der Waals surface area contributed by atoms with E-state index in [2.05, 4.69) is 30.7 Å². The standard InChI is InChI=1S/C22H25F3N8O2/c1-11-17-19(32(4)12(2)20(35)30-17)31-21(28-11)26-7-14-8-27-33(9-14)10-15-5-6-16(22(23,24)25)29-18(15)13(3)34/h5-6,8-9,12-13,34H,7,10H2,1-4H3,(H,30,35)(H,26,28,31)/t12-,13?/m0/s1. The maximum atomic E-state index is 13.0. The molecule has 0 aromatic carbocycles. The Hall–Kier alpha value is -3.74. The van der Waals surface area contributed by atoms with E-state index in [1.54, 1.807) is 42.9 Å². The molecule has 1 aliphatic heterocycles. The lowest BCUT2D eigenvalue weighted by atomic mass is 10.1. The molecule has 0 saturated carbocycles. The van der Waals surface area contributed by atoms with Crippen LogP contribution in [0.3, 0.4) is 0 Å². The quantitative estimate of drug-likeness (QED) is 0.482. The maximum Gasteiger partial charge on any atom is 0.433 e. The maximum absolute atomic E-state index is 13.0. The van der Waals surface area contributed by atoms with Crippen LogP contribution in [0, 0.1) is 6.92 Å². The third kappa shape index (κ3) is 5.04. The molecular weight excluding hydrogens is 465 g/mol. The van der Waals surface area contributed by atoms with Crippen molar-refractivity contribution in [2.24, 2.45) is 0 Å². The lowest BCUT2D eigenvalue weighted by molar-refractivity contribution is -0.141. The van der Waals surface area contributed by atoms with Gasteiger partial charge in [-0.05, 0) is 32.4 Å². The van der Waals surface area contributed by atoms with E-state index in [9.17, 15) is 23.1 Å². The monoisotopic (exact) mass is 490 g/mol. The van der Waals surface area contributed by atoms with Gasteiger partial charge in [-0.1, -0.05) is 6.07 Å². The Labute approximate surface area is 199 Å². The van der Waals surface area contributed by atoms with E-state index in [0.29, 0.717) is 35.3 Å². The zero-order valence-electron chi connectivity index (χ0n) is 19.6. The second-order valence-electron chi connectivity index (χ2n) is 8.42. The summed E-state index contributed by atoms with van der Waals surface area (Å²) in [7, 11) is 1.79. The first-order chi connectivity index (χ1) is 16.4. The zero-order chi connectivity index (χ0) is 25.5. The number of aromatic nitrogens is 5. The minimum Gasteiger partial charge on any atom is -0.387 e. The van der Waals surface area contributed by atoms with Gasteiger partial charge in [-0.25, -0.2) is 9.97 Å². The minimum absolute atomic E-state index is 0.0432. The predicted octanol–water partition coefficient (Wildman–Crippen LogP) is 2.89. The lowest BCUT2D eigenvalue weighted by Gasteiger charge is -2.32. The number of aryl methyl sites for hydroxylation is 1. The first-order valence-electron chi connectivity index (χ1n) is 10.9. The Morgan fingerprint density at radius 1 is 1.26 bits per heavy atom. The van der Waals surface area contributed by atoms with E-state index < -0.39 is 18.0 Å². The number of halogens is 3. The van der Waals surface area contributed by atoms with E-state index >= 15 is 0 Å². The number of nitrogens with zero attached hydrogens (tertiary/aromatic N) is 6. The number of rotatable bonds is 6. The van der Waals surface area contributed by atoms with Crippen molar-refractivity contribution in [2.75, 3.05) is 22.6 Å². The number of anilines is 3. The summed E-state index contributed by atoms with van der Waals surface area (Å²) < 4.78 is 40.5. The number of hydrogen-bond donors (Lipinski definition) is 3. The number of alkyl halides is 3. The fraction of sp³-hybridized carbons (Fsp3) is 0.409. The van der Waals surface area contributed by atoms with E-state index in [1.165, 1.54) is 13.0 Å². The fourth-order valence-electron chi connectivity index (χ4n) is 3.72. The largest absolute Gasteiger partial charge is 0.433 e. The number of aliphatic hydroxyl groups excluding tert-OH is 1. The van der Waals surface area contributed by atoms with Gasteiger partial charge in [-0.2, -0.15) is 23.3 Å².